The Morgan fingerprint density at radius 1 is 1.29 bits per heavy atom. The molecule has 0 spiro atoms. The SMILES string of the molecule is O[C]1CCNCC1. The van der Waals surface area contributed by atoms with Gasteiger partial charge in [-0.2, -0.15) is 0 Å². The number of hydrogen-bond donors (Lipinski definition) is 2. The molecule has 0 atom stereocenters. The molecule has 41 valence electrons. The first-order valence-corrected chi connectivity index (χ1v) is 2.64. The summed E-state index contributed by atoms with van der Waals surface area (Å²) in [7, 11) is 0. The van der Waals surface area contributed by atoms with Gasteiger partial charge in [0.2, 0.25) is 0 Å². The van der Waals surface area contributed by atoms with Gasteiger partial charge in [0, 0.05) is 0 Å². The summed E-state index contributed by atoms with van der Waals surface area (Å²) in [5, 5.41) is 11.9. The van der Waals surface area contributed by atoms with Crippen LogP contribution in [-0.2, 0) is 0 Å². The average molecular weight is 100 g/mol. The van der Waals surface area contributed by atoms with Gasteiger partial charge < -0.3 is 10.4 Å². The lowest BCUT2D eigenvalue weighted by atomic mass is 10.1. The van der Waals surface area contributed by atoms with E-state index in [1.165, 1.54) is 0 Å². The molecular weight excluding hydrogens is 90.1 g/mol. The van der Waals surface area contributed by atoms with Gasteiger partial charge in [0.1, 0.15) is 0 Å². The molecule has 0 aromatic carbocycles. The van der Waals surface area contributed by atoms with E-state index in [0.29, 0.717) is 6.10 Å². The van der Waals surface area contributed by atoms with Crippen molar-refractivity contribution >= 4 is 0 Å². The molecule has 0 amide bonds. The fourth-order valence-electron chi connectivity index (χ4n) is 0.715. The van der Waals surface area contributed by atoms with Gasteiger partial charge in [-0.15, -0.1) is 0 Å². The van der Waals surface area contributed by atoms with Gasteiger partial charge in [0.15, 0.2) is 0 Å². The number of piperidine rings is 1. The lowest BCUT2D eigenvalue weighted by Crippen LogP contribution is -2.26. The second-order valence-corrected chi connectivity index (χ2v) is 1.82. The molecule has 0 bridgehead atoms. The third-order valence-corrected chi connectivity index (χ3v) is 1.18. The van der Waals surface area contributed by atoms with Gasteiger partial charge in [-0.1, -0.05) is 0 Å². The van der Waals surface area contributed by atoms with Crippen molar-refractivity contribution in [3.05, 3.63) is 6.10 Å². The number of aliphatic hydroxyl groups excluding tert-OH is 1. The van der Waals surface area contributed by atoms with Gasteiger partial charge in [0.05, 0.1) is 6.10 Å². The summed E-state index contributed by atoms with van der Waals surface area (Å²) in [4.78, 5) is 0. The molecule has 1 radical (unpaired) electrons. The first kappa shape index (κ1) is 5.06. The van der Waals surface area contributed by atoms with E-state index in [4.69, 9.17) is 5.11 Å². The lowest BCUT2D eigenvalue weighted by molar-refractivity contribution is 0.246. The monoisotopic (exact) mass is 100 g/mol. The van der Waals surface area contributed by atoms with Crippen LogP contribution in [-0.4, -0.2) is 18.2 Å². The summed E-state index contributed by atoms with van der Waals surface area (Å²) in [6.45, 7) is 1.90. The Morgan fingerprint density at radius 2 is 1.86 bits per heavy atom. The Labute approximate surface area is 43.5 Å². The normalized spacial score (nSPS) is 25.3. The summed E-state index contributed by atoms with van der Waals surface area (Å²) in [5.74, 6) is 0. The average Bonchev–Trinajstić information content (AvgIpc) is 1.69. The molecule has 0 unspecified atom stereocenters. The Balaban J connectivity index is 2.12. The predicted molar refractivity (Wildman–Crippen MR) is 27.3 cm³/mol. The predicted octanol–water partition coefficient (Wildman–Crippen LogP) is 0.274. The van der Waals surface area contributed by atoms with E-state index < -0.39 is 0 Å². The fraction of sp³-hybridized carbons (Fsp3) is 0.800. The van der Waals surface area contributed by atoms with E-state index in [0.717, 1.165) is 25.9 Å². The second-order valence-electron chi connectivity index (χ2n) is 1.82. The molecule has 1 heterocycles. The number of aliphatic hydroxyl groups is 1. The highest BCUT2D eigenvalue weighted by molar-refractivity contribution is 4.81. The minimum atomic E-state index is 0.652. The molecule has 0 saturated carbocycles. The van der Waals surface area contributed by atoms with E-state index in [1.807, 2.05) is 0 Å². The maximum atomic E-state index is 8.79. The largest absolute Gasteiger partial charge is 0.387 e. The van der Waals surface area contributed by atoms with Crippen molar-refractivity contribution in [2.45, 2.75) is 12.8 Å². The molecule has 0 aromatic heterocycles. The Bertz CT molecular complexity index is 50.0. The van der Waals surface area contributed by atoms with Crippen LogP contribution in [0.4, 0.5) is 0 Å². The van der Waals surface area contributed by atoms with Crippen molar-refractivity contribution in [2.24, 2.45) is 0 Å². The van der Waals surface area contributed by atoms with Crippen LogP contribution in [0.5, 0.6) is 0 Å². The molecule has 2 nitrogen and oxygen atoms in total. The molecule has 2 N–H and O–H groups in total. The molecule has 1 aliphatic rings. The third-order valence-electron chi connectivity index (χ3n) is 1.18. The maximum absolute atomic E-state index is 8.79. The fourth-order valence-corrected chi connectivity index (χ4v) is 0.715. The molecule has 1 fully saturated rings. The van der Waals surface area contributed by atoms with Gasteiger partial charge in [-0.05, 0) is 25.9 Å². The quantitative estimate of drug-likeness (QED) is 0.458. The zero-order chi connectivity index (χ0) is 5.11. The first-order valence-electron chi connectivity index (χ1n) is 2.64. The van der Waals surface area contributed by atoms with Gasteiger partial charge in [0.25, 0.3) is 0 Å². The Hall–Kier alpha value is -0.0800. The van der Waals surface area contributed by atoms with Crippen LogP contribution in [0.25, 0.3) is 0 Å². The van der Waals surface area contributed by atoms with Crippen molar-refractivity contribution in [2.75, 3.05) is 13.1 Å². The topological polar surface area (TPSA) is 32.3 Å². The Morgan fingerprint density at radius 3 is 2.14 bits per heavy atom. The van der Waals surface area contributed by atoms with Crippen LogP contribution >= 0.6 is 0 Å². The number of rotatable bonds is 0. The molecule has 0 aliphatic carbocycles. The summed E-state index contributed by atoms with van der Waals surface area (Å²) in [5.41, 5.74) is 0. The zero-order valence-electron chi connectivity index (χ0n) is 4.28. The van der Waals surface area contributed by atoms with Crippen LogP contribution in [0.1, 0.15) is 12.8 Å². The first-order chi connectivity index (χ1) is 3.39. The van der Waals surface area contributed by atoms with Crippen molar-refractivity contribution in [3.63, 3.8) is 0 Å². The minimum Gasteiger partial charge on any atom is -0.387 e. The van der Waals surface area contributed by atoms with Crippen molar-refractivity contribution < 1.29 is 5.11 Å². The summed E-state index contributed by atoms with van der Waals surface area (Å²) in [6.07, 6.45) is 2.35. The molecule has 1 aliphatic heterocycles. The van der Waals surface area contributed by atoms with Crippen LogP contribution in [0.3, 0.4) is 0 Å². The molecule has 1 saturated heterocycles. The molecule has 2 heteroatoms. The molecule has 1 rings (SSSR count). The highest BCUT2D eigenvalue weighted by atomic mass is 16.3. The highest BCUT2D eigenvalue weighted by Gasteiger charge is 2.08. The van der Waals surface area contributed by atoms with E-state index in [9.17, 15) is 0 Å². The van der Waals surface area contributed by atoms with Crippen molar-refractivity contribution in [1.29, 1.82) is 0 Å². The van der Waals surface area contributed by atoms with Gasteiger partial charge >= 0.3 is 0 Å². The third kappa shape index (κ3) is 1.45. The Kier molecular flexibility index (Phi) is 1.65. The van der Waals surface area contributed by atoms with Crippen LogP contribution in [0.2, 0.25) is 0 Å². The van der Waals surface area contributed by atoms with Crippen LogP contribution in [0, 0.1) is 6.10 Å². The smallest absolute Gasteiger partial charge is 0.0958 e. The van der Waals surface area contributed by atoms with E-state index >= 15 is 0 Å². The van der Waals surface area contributed by atoms with Gasteiger partial charge in [-0.25, -0.2) is 0 Å². The summed E-state index contributed by atoms with van der Waals surface area (Å²) < 4.78 is 0. The molecular formula is C5H10NO. The van der Waals surface area contributed by atoms with Gasteiger partial charge in [-0.3, -0.25) is 0 Å². The molecule has 0 aromatic rings. The number of hydrogen-bond acceptors (Lipinski definition) is 2. The highest BCUT2D eigenvalue weighted by Crippen LogP contribution is 2.07. The van der Waals surface area contributed by atoms with E-state index in [1.54, 1.807) is 0 Å². The zero-order valence-corrected chi connectivity index (χ0v) is 4.28. The van der Waals surface area contributed by atoms with Crippen LogP contribution in [0.15, 0.2) is 0 Å². The maximum Gasteiger partial charge on any atom is 0.0958 e. The van der Waals surface area contributed by atoms with Crippen molar-refractivity contribution in [3.8, 4) is 0 Å². The second kappa shape index (κ2) is 2.28. The minimum absolute atomic E-state index is 0.652. The van der Waals surface area contributed by atoms with E-state index in [-0.39, 0.29) is 0 Å². The summed E-state index contributed by atoms with van der Waals surface area (Å²) in [6, 6.07) is 0. The number of nitrogens with one attached hydrogen (secondary N) is 1. The van der Waals surface area contributed by atoms with Crippen molar-refractivity contribution in [1.82, 2.24) is 5.32 Å². The standard InChI is InChI=1S/C5H10NO/c7-5-1-3-6-4-2-5/h6-7H,1-4H2. The van der Waals surface area contributed by atoms with Crippen LogP contribution < -0.4 is 5.32 Å². The van der Waals surface area contributed by atoms with E-state index in [2.05, 4.69) is 5.32 Å². The lowest BCUT2D eigenvalue weighted by Gasteiger charge is -2.15. The molecule has 7 heavy (non-hydrogen) atoms. The summed E-state index contributed by atoms with van der Waals surface area (Å²) >= 11 is 0.